The summed E-state index contributed by atoms with van der Waals surface area (Å²) in [5, 5.41) is 0. The molecule has 1 heterocycles. The number of isocyanates is 2. The van der Waals surface area contributed by atoms with E-state index < -0.39 is 0 Å². The summed E-state index contributed by atoms with van der Waals surface area (Å²) >= 11 is 1.70. The Kier molecular flexibility index (Phi) is 6.38. The summed E-state index contributed by atoms with van der Waals surface area (Å²) < 4.78 is 0. The zero-order valence-corrected chi connectivity index (χ0v) is 19.3. The zero-order valence-electron chi connectivity index (χ0n) is 18.5. The smallest absolute Gasteiger partial charge is 0.211 e. The maximum atomic E-state index is 10.7. The Morgan fingerprint density at radius 1 is 0.457 bits per heavy atom. The van der Waals surface area contributed by atoms with Crippen LogP contribution in [0.2, 0.25) is 0 Å². The van der Waals surface area contributed by atoms with Crippen LogP contribution < -0.4 is 0 Å². The van der Waals surface area contributed by atoms with Crippen molar-refractivity contribution in [3.63, 3.8) is 0 Å². The molecule has 0 amide bonds. The van der Waals surface area contributed by atoms with Crippen molar-refractivity contribution in [2.45, 2.75) is 0 Å². The molecule has 0 radical (unpaired) electrons. The SMILES string of the molecule is O=C=Nc1ccc(-c2sc(-c3ccc(N=C=O)cc3)c(-c3ccccc3)c2-c2ccccc2)cc1. The minimum atomic E-state index is 0.566. The highest BCUT2D eigenvalue weighted by Crippen LogP contribution is 2.52. The number of aliphatic imine (C=N–C) groups is 2. The number of hydrogen-bond donors (Lipinski definition) is 0. The third-order valence-corrected chi connectivity index (χ3v) is 6.93. The van der Waals surface area contributed by atoms with E-state index in [1.54, 1.807) is 23.5 Å². The van der Waals surface area contributed by atoms with Gasteiger partial charge in [0.05, 0.1) is 11.4 Å². The average molecular weight is 471 g/mol. The van der Waals surface area contributed by atoms with Gasteiger partial charge < -0.3 is 0 Å². The van der Waals surface area contributed by atoms with Gasteiger partial charge in [-0.1, -0.05) is 84.9 Å². The molecular weight excluding hydrogens is 452 g/mol. The first-order valence-electron chi connectivity index (χ1n) is 10.9. The zero-order chi connectivity index (χ0) is 24.0. The topological polar surface area (TPSA) is 58.9 Å². The number of nitrogens with zero attached hydrogens (tertiary/aromatic N) is 2. The third-order valence-electron chi connectivity index (χ3n) is 5.64. The van der Waals surface area contributed by atoms with Crippen LogP contribution in [0.25, 0.3) is 43.1 Å². The van der Waals surface area contributed by atoms with E-state index in [1.807, 2.05) is 84.9 Å². The molecule has 0 bridgehead atoms. The van der Waals surface area contributed by atoms with Crippen LogP contribution in [-0.2, 0) is 9.59 Å². The molecule has 5 aromatic rings. The van der Waals surface area contributed by atoms with Crippen LogP contribution in [0.3, 0.4) is 0 Å². The van der Waals surface area contributed by atoms with Gasteiger partial charge in [-0.2, -0.15) is 9.98 Å². The Hall–Kier alpha value is -4.66. The fourth-order valence-corrected chi connectivity index (χ4v) is 5.43. The van der Waals surface area contributed by atoms with Gasteiger partial charge in [0.25, 0.3) is 0 Å². The molecule has 0 atom stereocenters. The highest BCUT2D eigenvalue weighted by molar-refractivity contribution is 7.20. The standard InChI is InChI=1S/C30H18N2O2S/c33-19-31-25-15-11-23(12-16-25)29-27(21-7-3-1-4-8-21)28(22-9-5-2-6-10-22)30(35-29)24-13-17-26(18-14-24)32-20-34/h1-18H. The summed E-state index contributed by atoms with van der Waals surface area (Å²) in [7, 11) is 0. The van der Waals surface area contributed by atoms with Crippen LogP contribution in [0.1, 0.15) is 0 Å². The van der Waals surface area contributed by atoms with Gasteiger partial charge in [-0.05, 0) is 46.5 Å². The summed E-state index contributed by atoms with van der Waals surface area (Å²) in [6.45, 7) is 0. The summed E-state index contributed by atoms with van der Waals surface area (Å²) in [6, 6.07) is 35.9. The summed E-state index contributed by atoms with van der Waals surface area (Å²) in [4.78, 5) is 31.0. The maximum Gasteiger partial charge on any atom is 0.240 e. The number of rotatable bonds is 6. The van der Waals surface area contributed by atoms with Crippen LogP contribution in [0.5, 0.6) is 0 Å². The Morgan fingerprint density at radius 2 is 0.829 bits per heavy atom. The van der Waals surface area contributed by atoms with Crippen molar-refractivity contribution in [1.29, 1.82) is 0 Å². The molecule has 0 unspecified atom stereocenters. The Balaban J connectivity index is 1.81. The fraction of sp³-hybridized carbons (Fsp3) is 0. The Morgan fingerprint density at radius 3 is 1.17 bits per heavy atom. The van der Waals surface area contributed by atoms with Crippen molar-refractivity contribution in [3.8, 4) is 43.1 Å². The van der Waals surface area contributed by atoms with Crippen molar-refractivity contribution >= 4 is 34.9 Å². The Labute approximate surface area is 206 Å². The van der Waals surface area contributed by atoms with E-state index >= 15 is 0 Å². The minimum Gasteiger partial charge on any atom is -0.211 e. The summed E-state index contributed by atoms with van der Waals surface area (Å²) in [6.07, 6.45) is 3.19. The van der Waals surface area contributed by atoms with Crippen LogP contribution in [-0.4, -0.2) is 12.2 Å². The van der Waals surface area contributed by atoms with Crippen LogP contribution >= 0.6 is 11.3 Å². The Bertz CT molecular complexity index is 1440. The monoisotopic (exact) mass is 470 g/mol. The molecule has 0 aliphatic heterocycles. The van der Waals surface area contributed by atoms with Crippen molar-refractivity contribution in [1.82, 2.24) is 0 Å². The van der Waals surface area contributed by atoms with Gasteiger partial charge in [0.2, 0.25) is 12.2 Å². The minimum absolute atomic E-state index is 0.566. The van der Waals surface area contributed by atoms with Crippen molar-refractivity contribution < 1.29 is 9.59 Å². The molecule has 0 fully saturated rings. The molecule has 166 valence electrons. The summed E-state index contributed by atoms with van der Waals surface area (Å²) in [5.74, 6) is 0. The fourth-order valence-electron chi connectivity index (χ4n) is 4.08. The van der Waals surface area contributed by atoms with Gasteiger partial charge in [0.1, 0.15) is 0 Å². The van der Waals surface area contributed by atoms with Gasteiger partial charge in [-0.3, -0.25) is 0 Å². The number of benzene rings is 4. The predicted octanol–water partition coefficient (Wildman–Crippen LogP) is 8.35. The van der Waals surface area contributed by atoms with E-state index in [9.17, 15) is 9.59 Å². The van der Waals surface area contributed by atoms with Crippen LogP contribution in [0, 0.1) is 0 Å². The number of hydrogen-bond acceptors (Lipinski definition) is 5. The normalized spacial score (nSPS) is 10.3. The molecule has 4 aromatic carbocycles. The molecular formula is C30H18N2O2S. The molecule has 5 rings (SSSR count). The van der Waals surface area contributed by atoms with Crippen LogP contribution in [0.4, 0.5) is 11.4 Å². The first-order chi connectivity index (χ1) is 17.3. The van der Waals surface area contributed by atoms with E-state index in [2.05, 4.69) is 34.3 Å². The van der Waals surface area contributed by atoms with Gasteiger partial charge >= 0.3 is 0 Å². The van der Waals surface area contributed by atoms with Gasteiger partial charge in [0.15, 0.2) is 0 Å². The number of thiophene rings is 1. The average Bonchev–Trinajstić information content (AvgIpc) is 3.32. The predicted molar refractivity (Wildman–Crippen MR) is 142 cm³/mol. The molecule has 5 heteroatoms. The molecule has 0 aliphatic carbocycles. The molecule has 0 aliphatic rings. The van der Waals surface area contributed by atoms with Gasteiger partial charge in [0, 0.05) is 20.9 Å². The van der Waals surface area contributed by atoms with E-state index in [4.69, 9.17) is 0 Å². The molecule has 0 N–H and O–H groups in total. The lowest BCUT2D eigenvalue weighted by molar-refractivity contribution is 0.564. The van der Waals surface area contributed by atoms with E-state index in [0.29, 0.717) is 11.4 Å². The van der Waals surface area contributed by atoms with Crippen LogP contribution in [0.15, 0.2) is 119 Å². The lowest BCUT2D eigenvalue weighted by Crippen LogP contribution is -1.85. The second-order valence-electron chi connectivity index (χ2n) is 7.74. The quantitative estimate of drug-likeness (QED) is 0.185. The lowest BCUT2D eigenvalue weighted by atomic mass is 9.91. The first-order valence-corrected chi connectivity index (χ1v) is 11.7. The molecule has 0 saturated carbocycles. The largest absolute Gasteiger partial charge is 0.240 e. The molecule has 0 spiro atoms. The van der Waals surface area contributed by atoms with Gasteiger partial charge in [-0.25, -0.2) is 9.59 Å². The number of carbonyl (C=O) groups excluding carboxylic acids is 2. The van der Waals surface area contributed by atoms with Gasteiger partial charge in [-0.15, -0.1) is 11.3 Å². The molecule has 1 aromatic heterocycles. The lowest BCUT2D eigenvalue weighted by Gasteiger charge is -2.11. The second-order valence-corrected chi connectivity index (χ2v) is 8.76. The van der Waals surface area contributed by atoms with Crippen molar-refractivity contribution in [3.05, 3.63) is 109 Å². The van der Waals surface area contributed by atoms with E-state index in [-0.39, 0.29) is 0 Å². The highest BCUT2D eigenvalue weighted by Gasteiger charge is 2.23. The molecule has 4 nitrogen and oxygen atoms in total. The second kappa shape index (κ2) is 10.1. The summed E-state index contributed by atoms with van der Waals surface area (Å²) in [5.41, 5.74) is 7.69. The molecule has 35 heavy (non-hydrogen) atoms. The van der Waals surface area contributed by atoms with Crippen molar-refractivity contribution in [2.75, 3.05) is 0 Å². The third kappa shape index (κ3) is 4.56. The van der Waals surface area contributed by atoms with Crippen molar-refractivity contribution in [2.24, 2.45) is 9.98 Å². The first kappa shape index (κ1) is 22.1. The van der Waals surface area contributed by atoms with E-state index in [0.717, 1.165) is 43.1 Å². The highest BCUT2D eigenvalue weighted by atomic mass is 32.1. The van der Waals surface area contributed by atoms with E-state index in [1.165, 1.54) is 0 Å². The maximum absolute atomic E-state index is 10.7. The molecule has 0 saturated heterocycles.